The van der Waals surface area contributed by atoms with Gasteiger partial charge in [-0.15, -0.1) is 0 Å². The molecule has 290 valence electrons. The summed E-state index contributed by atoms with van der Waals surface area (Å²) in [5, 5.41) is 2.53. The summed E-state index contributed by atoms with van der Waals surface area (Å²) in [5.74, 6) is 0. The highest BCUT2D eigenvalue weighted by Crippen LogP contribution is 2.53. The van der Waals surface area contributed by atoms with Gasteiger partial charge < -0.3 is 4.90 Å². The SMILES string of the molecule is CC1(C)C2=C(CCC(N(c3ccc(-c4cccc5c4C=CCC5)c(C4=CC=CCC4)c3)c3ccc(-c4cccc5ccccc45)c(-c4ccccc4)c3)=C2)c2ccccc21. The van der Waals surface area contributed by atoms with Gasteiger partial charge in [-0.1, -0.05) is 172 Å². The number of hydrogen-bond acceptors (Lipinski definition) is 1. The minimum Gasteiger partial charge on any atom is -0.314 e. The lowest BCUT2D eigenvalue weighted by molar-refractivity contribution is 0.648. The van der Waals surface area contributed by atoms with Crippen molar-refractivity contribution in [1.29, 1.82) is 0 Å². The number of fused-ring (bicyclic) bond motifs is 4. The molecular formula is C59H49N. The quantitative estimate of drug-likeness (QED) is 0.156. The van der Waals surface area contributed by atoms with Crippen LogP contribution in [0.15, 0.2) is 193 Å². The van der Waals surface area contributed by atoms with Crippen molar-refractivity contribution in [2.24, 2.45) is 0 Å². The predicted molar refractivity (Wildman–Crippen MR) is 256 cm³/mol. The first-order valence-electron chi connectivity index (χ1n) is 21.8. The smallest absolute Gasteiger partial charge is 0.0465 e. The van der Waals surface area contributed by atoms with E-state index in [1.165, 1.54) is 106 Å². The number of hydrogen-bond donors (Lipinski definition) is 0. The van der Waals surface area contributed by atoms with Crippen LogP contribution in [0, 0.1) is 0 Å². The molecule has 0 atom stereocenters. The number of anilines is 2. The molecule has 1 heteroatoms. The molecule has 7 aromatic carbocycles. The molecule has 0 radical (unpaired) electrons. The molecule has 0 heterocycles. The van der Waals surface area contributed by atoms with Gasteiger partial charge in [0.05, 0.1) is 0 Å². The number of benzene rings is 7. The van der Waals surface area contributed by atoms with Crippen LogP contribution in [0.4, 0.5) is 11.4 Å². The van der Waals surface area contributed by atoms with E-state index in [0.29, 0.717) is 0 Å². The Morgan fingerprint density at radius 2 is 1.22 bits per heavy atom. The van der Waals surface area contributed by atoms with E-state index in [4.69, 9.17) is 0 Å². The Kier molecular flexibility index (Phi) is 9.00. The maximum absolute atomic E-state index is 2.59. The van der Waals surface area contributed by atoms with Gasteiger partial charge >= 0.3 is 0 Å². The number of nitrogens with zero attached hydrogens (tertiary/aromatic N) is 1. The molecule has 0 saturated carbocycles. The second kappa shape index (κ2) is 14.8. The molecule has 0 spiro atoms. The van der Waals surface area contributed by atoms with Crippen LogP contribution < -0.4 is 4.90 Å². The fourth-order valence-electron chi connectivity index (χ4n) is 10.6. The molecule has 0 amide bonds. The van der Waals surface area contributed by atoms with Crippen molar-refractivity contribution < 1.29 is 0 Å². The molecule has 7 aromatic rings. The second-order valence-corrected chi connectivity index (χ2v) is 17.4. The molecule has 0 unspecified atom stereocenters. The highest BCUT2D eigenvalue weighted by molar-refractivity contribution is 6.01. The van der Waals surface area contributed by atoms with Crippen LogP contribution in [0.5, 0.6) is 0 Å². The van der Waals surface area contributed by atoms with E-state index in [-0.39, 0.29) is 5.41 Å². The van der Waals surface area contributed by atoms with Crippen molar-refractivity contribution >= 4 is 39.4 Å². The van der Waals surface area contributed by atoms with Crippen LogP contribution in [-0.4, -0.2) is 0 Å². The van der Waals surface area contributed by atoms with E-state index in [1.54, 1.807) is 0 Å². The standard InChI is InChI=1S/C59H49N/c1-59(2)57-30-14-13-27-53(57)54-36-33-46(39-58(54)59)60(44-31-34-51(55(37-44)42-17-5-3-6-18-42)49-28-15-23-40-21-9-11-25-47(40)49)45-32-35-52(56(38-45)43-19-7-4-8-20-43)50-29-16-24-41-22-10-12-26-48(41)50/h3-7,9,11-19,21,23-32,34-35,37-39H,8,10,20,22,33,36H2,1-2H3. The second-order valence-electron chi connectivity index (χ2n) is 17.4. The molecule has 1 nitrogen and oxygen atoms in total. The Bertz CT molecular complexity index is 2990. The minimum absolute atomic E-state index is 0.0785. The summed E-state index contributed by atoms with van der Waals surface area (Å²) in [5.41, 5.74) is 22.6. The van der Waals surface area contributed by atoms with Gasteiger partial charge in [0.2, 0.25) is 0 Å². The Balaban J connectivity index is 1.14. The third-order valence-electron chi connectivity index (χ3n) is 13.6. The first-order chi connectivity index (χ1) is 29.5. The van der Waals surface area contributed by atoms with Crippen LogP contribution >= 0.6 is 0 Å². The van der Waals surface area contributed by atoms with Gasteiger partial charge in [0.1, 0.15) is 0 Å². The summed E-state index contributed by atoms with van der Waals surface area (Å²) in [4.78, 5) is 2.59. The van der Waals surface area contributed by atoms with Crippen molar-refractivity contribution in [1.82, 2.24) is 0 Å². The third-order valence-corrected chi connectivity index (χ3v) is 13.6. The Morgan fingerprint density at radius 1 is 0.517 bits per heavy atom. The Morgan fingerprint density at radius 3 is 2.07 bits per heavy atom. The van der Waals surface area contributed by atoms with Gasteiger partial charge in [-0.3, -0.25) is 0 Å². The zero-order chi connectivity index (χ0) is 40.2. The van der Waals surface area contributed by atoms with E-state index >= 15 is 0 Å². The topological polar surface area (TPSA) is 3.24 Å². The lowest BCUT2D eigenvalue weighted by atomic mass is 9.79. The Labute approximate surface area is 355 Å². The fraction of sp³-hybridized carbons (Fsp3) is 0.153. The normalized spacial score (nSPS) is 16.2. The average Bonchev–Trinajstić information content (AvgIpc) is 3.54. The molecule has 4 aliphatic rings. The fourth-order valence-corrected chi connectivity index (χ4v) is 10.6. The van der Waals surface area contributed by atoms with E-state index in [2.05, 4.69) is 207 Å². The molecule has 0 N–H and O–H groups in total. The summed E-state index contributed by atoms with van der Waals surface area (Å²) in [7, 11) is 0. The third kappa shape index (κ3) is 6.15. The highest BCUT2D eigenvalue weighted by atomic mass is 15.1. The van der Waals surface area contributed by atoms with E-state index in [0.717, 1.165) is 38.5 Å². The van der Waals surface area contributed by atoms with E-state index in [9.17, 15) is 0 Å². The average molecular weight is 772 g/mol. The molecule has 0 aliphatic heterocycles. The van der Waals surface area contributed by atoms with Crippen LogP contribution in [0.1, 0.15) is 73.8 Å². The summed E-state index contributed by atoms with van der Waals surface area (Å²) in [6.45, 7) is 4.82. The summed E-state index contributed by atoms with van der Waals surface area (Å²) in [6, 6.07) is 57.0. The van der Waals surface area contributed by atoms with Gasteiger partial charge in [0.25, 0.3) is 0 Å². The number of allylic oxidation sites excluding steroid dienone is 9. The largest absolute Gasteiger partial charge is 0.314 e. The molecule has 0 fully saturated rings. The zero-order valence-corrected chi connectivity index (χ0v) is 34.6. The molecule has 60 heavy (non-hydrogen) atoms. The van der Waals surface area contributed by atoms with Crippen molar-refractivity contribution in [2.75, 3.05) is 4.90 Å². The van der Waals surface area contributed by atoms with Crippen LogP contribution in [-0.2, 0) is 11.8 Å². The molecular weight excluding hydrogens is 723 g/mol. The number of aryl methyl sites for hydroxylation is 1. The lowest BCUT2D eigenvalue weighted by Crippen LogP contribution is -2.22. The van der Waals surface area contributed by atoms with Crippen molar-refractivity contribution in [3.63, 3.8) is 0 Å². The summed E-state index contributed by atoms with van der Waals surface area (Å²) < 4.78 is 0. The first kappa shape index (κ1) is 36.4. The van der Waals surface area contributed by atoms with Gasteiger partial charge in [-0.2, -0.15) is 0 Å². The maximum Gasteiger partial charge on any atom is 0.0465 e. The summed E-state index contributed by atoms with van der Waals surface area (Å²) in [6.07, 6.45) is 20.4. The highest BCUT2D eigenvalue weighted by Gasteiger charge is 2.38. The first-order valence-corrected chi connectivity index (χ1v) is 21.8. The maximum atomic E-state index is 2.59. The Hall–Kier alpha value is -6.70. The van der Waals surface area contributed by atoms with Crippen LogP contribution in [0.2, 0.25) is 0 Å². The molecule has 0 saturated heterocycles. The van der Waals surface area contributed by atoms with Crippen LogP contribution in [0.3, 0.4) is 0 Å². The zero-order valence-electron chi connectivity index (χ0n) is 34.6. The minimum atomic E-state index is -0.0785. The lowest BCUT2D eigenvalue weighted by Gasteiger charge is -2.34. The van der Waals surface area contributed by atoms with Crippen LogP contribution in [0.25, 0.3) is 61.4 Å². The summed E-state index contributed by atoms with van der Waals surface area (Å²) >= 11 is 0. The van der Waals surface area contributed by atoms with Crippen molar-refractivity contribution in [2.45, 2.75) is 57.8 Å². The monoisotopic (exact) mass is 771 g/mol. The van der Waals surface area contributed by atoms with E-state index in [1.807, 2.05) is 0 Å². The molecule has 0 aromatic heterocycles. The van der Waals surface area contributed by atoms with Gasteiger partial charge in [0, 0.05) is 22.5 Å². The molecule has 4 aliphatic carbocycles. The van der Waals surface area contributed by atoms with Gasteiger partial charge in [0.15, 0.2) is 0 Å². The van der Waals surface area contributed by atoms with Gasteiger partial charge in [-0.05, 0) is 158 Å². The van der Waals surface area contributed by atoms with E-state index < -0.39 is 0 Å². The predicted octanol–water partition coefficient (Wildman–Crippen LogP) is 16.1. The van der Waals surface area contributed by atoms with Gasteiger partial charge in [-0.25, -0.2) is 0 Å². The van der Waals surface area contributed by atoms with Crippen molar-refractivity contribution in [3.8, 4) is 33.4 Å². The molecule has 0 bridgehead atoms. The molecule has 11 rings (SSSR count). The van der Waals surface area contributed by atoms with Crippen molar-refractivity contribution in [3.05, 3.63) is 221 Å². The number of rotatable bonds is 7.